The Morgan fingerprint density at radius 2 is 1.88 bits per heavy atom. The number of aromatic nitrogens is 1. The smallest absolute Gasteiger partial charge is 0.432 e. The normalized spacial score (nSPS) is 19.1. The van der Waals surface area contributed by atoms with Crippen molar-refractivity contribution < 1.29 is 27.4 Å². The van der Waals surface area contributed by atoms with Gasteiger partial charge in [-0.25, -0.2) is 4.79 Å². The minimum Gasteiger partial charge on any atom is -0.453 e. The molecular weight excluding hydrogens is 335 g/mol. The number of aryl methyl sites for hydroxylation is 1. The molecule has 1 aliphatic carbocycles. The van der Waals surface area contributed by atoms with E-state index in [1.54, 1.807) is 12.1 Å². The quantitative estimate of drug-likeness (QED) is 0.788. The topological polar surface area (TPSA) is 48.4 Å². The number of esters is 1. The number of hydrogen-bond acceptors (Lipinski definition) is 4. The van der Waals surface area contributed by atoms with Gasteiger partial charge in [-0.15, -0.1) is 0 Å². The van der Waals surface area contributed by atoms with Crippen molar-refractivity contribution in [3.8, 4) is 0 Å². The van der Waals surface area contributed by atoms with Gasteiger partial charge in [-0.1, -0.05) is 36.4 Å². The molecule has 4 nitrogen and oxygen atoms in total. The predicted molar refractivity (Wildman–Crippen MR) is 82.6 cm³/mol. The Hall–Kier alpha value is -2.41. The Morgan fingerprint density at radius 1 is 1.16 bits per heavy atom. The first kappa shape index (κ1) is 17.4. The summed E-state index contributed by atoms with van der Waals surface area (Å²) in [6.45, 7) is 0. The Labute approximate surface area is 142 Å². The Balaban J connectivity index is 1.96. The molecule has 0 saturated heterocycles. The van der Waals surface area contributed by atoms with Gasteiger partial charge in [0.1, 0.15) is 6.10 Å². The van der Waals surface area contributed by atoms with Crippen molar-refractivity contribution in [2.24, 2.45) is 0 Å². The van der Waals surface area contributed by atoms with Crippen LogP contribution in [0, 0.1) is 0 Å². The SMILES string of the molecule is CO[C@](C(=O)O[C@H]1CCc2cccnc21)(c1ccccc1)C(F)(F)F. The number of benzene rings is 1. The van der Waals surface area contributed by atoms with Crippen molar-refractivity contribution in [1.29, 1.82) is 0 Å². The second-order valence-electron chi connectivity index (χ2n) is 5.73. The number of alkyl halides is 3. The van der Waals surface area contributed by atoms with E-state index in [4.69, 9.17) is 9.47 Å². The Morgan fingerprint density at radius 3 is 2.52 bits per heavy atom. The maximum Gasteiger partial charge on any atom is 0.432 e. The molecule has 3 rings (SSSR count). The van der Waals surface area contributed by atoms with E-state index < -0.39 is 23.9 Å². The zero-order valence-corrected chi connectivity index (χ0v) is 13.4. The van der Waals surface area contributed by atoms with E-state index in [9.17, 15) is 18.0 Å². The number of rotatable bonds is 4. The first-order valence-corrected chi connectivity index (χ1v) is 7.72. The van der Waals surface area contributed by atoms with Gasteiger partial charge in [0, 0.05) is 18.9 Å². The summed E-state index contributed by atoms with van der Waals surface area (Å²) in [6, 6.07) is 10.3. The molecular formula is C18H16F3NO3. The van der Waals surface area contributed by atoms with Gasteiger partial charge in [-0.05, 0) is 24.5 Å². The van der Waals surface area contributed by atoms with Crippen molar-refractivity contribution in [1.82, 2.24) is 4.98 Å². The predicted octanol–water partition coefficient (Wildman–Crippen LogP) is 3.72. The fourth-order valence-electron chi connectivity index (χ4n) is 3.09. The summed E-state index contributed by atoms with van der Waals surface area (Å²) in [6.07, 6.45) is -3.28. The third-order valence-corrected chi connectivity index (χ3v) is 4.33. The van der Waals surface area contributed by atoms with E-state index in [0.29, 0.717) is 18.5 Å². The molecule has 0 bridgehead atoms. The van der Waals surface area contributed by atoms with Crippen molar-refractivity contribution in [3.63, 3.8) is 0 Å². The van der Waals surface area contributed by atoms with Gasteiger partial charge in [0.15, 0.2) is 0 Å². The highest BCUT2D eigenvalue weighted by Crippen LogP contribution is 2.44. The molecule has 2 atom stereocenters. The molecule has 0 unspecified atom stereocenters. The molecule has 0 saturated carbocycles. The number of methoxy groups -OCH3 is 1. The summed E-state index contributed by atoms with van der Waals surface area (Å²) in [5.74, 6) is -1.49. The van der Waals surface area contributed by atoms with Crippen LogP contribution in [0.1, 0.15) is 29.3 Å². The lowest BCUT2D eigenvalue weighted by Gasteiger charge is -2.33. The maximum absolute atomic E-state index is 13.8. The lowest BCUT2D eigenvalue weighted by atomic mass is 9.92. The van der Waals surface area contributed by atoms with Crippen LogP contribution >= 0.6 is 0 Å². The molecule has 1 aromatic heterocycles. The van der Waals surface area contributed by atoms with Crippen molar-refractivity contribution in [3.05, 3.63) is 65.5 Å². The number of carbonyl (C=O) groups is 1. The van der Waals surface area contributed by atoms with Gasteiger partial charge in [0.25, 0.3) is 5.60 Å². The highest BCUT2D eigenvalue weighted by molar-refractivity contribution is 5.83. The van der Waals surface area contributed by atoms with Crippen LogP contribution in [0.4, 0.5) is 13.2 Å². The second-order valence-corrected chi connectivity index (χ2v) is 5.73. The average molecular weight is 351 g/mol. The molecule has 132 valence electrons. The largest absolute Gasteiger partial charge is 0.453 e. The van der Waals surface area contributed by atoms with E-state index >= 15 is 0 Å². The third kappa shape index (κ3) is 2.89. The molecule has 1 heterocycles. The summed E-state index contributed by atoms with van der Waals surface area (Å²) in [4.78, 5) is 16.8. The Bertz CT molecular complexity index is 764. The van der Waals surface area contributed by atoms with E-state index in [2.05, 4.69) is 4.98 Å². The molecule has 0 amide bonds. The van der Waals surface area contributed by atoms with Gasteiger partial charge in [-0.3, -0.25) is 4.98 Å². The van der Waals surface area contributed by atoms with Crippen LogP contribution in [0.5, 0.6) is 0 Å². The first-order valence-electron chi connectivity index (χ1n) is 7.72. The minimum absolute atomic E-state index is 0.325. The fourth-order valence-corrected chi connectivity index (χ4v) is 3.09. The van der Waals surface area contributed by atoms with Crippen LogP contribution in [0.25, 0.3) is 0 Å². The third-order valence-electron chi connectivity index (χ3n) is 4.33. The Kier molecular flexibility index (Phi) is 4.51. The molecule has 25 heavy (non-hydrogen) atoms. The van der Waals surface area contributed by atoms with Crippen LogP contribution in [0.2, 0.25) is 0 Å². The molecule has 7 heteroatoms. The monoisotopic (exact) mass is 351 g/mol. The van der Waals surface area contributed by atoms with Crippen LogP contribution in [0.3, 0.4) is 0 Å². The number of pyridine rings is 1. The number of ether oxygens (including phenoxy) is 2. The molecule has 0 fully saturated rings. The zero-order valence-electron chi connectivity index (χ0n) is 13.4. The summed E-state index contributed by atoms with van der Waals surface area (Å²) in [5.41, 5.74) is -2.13. The molecule has 1 aromatic carbocycles. The van der Waals surface area contributed by atoms with Crippen LogP contribution in [-0.2, 0) is 26.3 Å². The van der Waals surface area contributed by atoms with Gasteiger partial charge < -0.3 is 9.47 Å². The molecule has 1 aliphatic rings. The van der Waals surface area contributed by atoms with Gasteiger partial charge in [0.05, 0.1) is 5.69 Å². The standard InChI is InChI=1S/C18H16F3NO3/c1-24-17(18(19,20)21,13-7-3-2-4-8-13)16(23)25-14-10-9-12-6-5-11-22-15(12)14/h2-8,11,14H,9-10H2,1H3/t14-,17-/m0/s1. The second kappa shape index (κ2) is 6.48. The van der Waals surface area contributed by atoms with Crippen LogP contribution in [0.15, 0.2) is 48.7 Å². The minimum atomic E-state index is -4.98. The van der Waals surface area contributed by atoms with Crippen LogP contribution < -0.4 is 0 Å². The highest BCUT2D eigenvalue weighted by atomic mass is 19.4. The van der Waals surface area contributed by atoms with Gasteiger partial charge >= 0.3 is 12.1 Å². The lowest BCUT2D eigenvalue weighted by Crippen LogP contribution is -2.52. The zero-order chi connectivity index (χ0) is 18.1. The van der Waals surface area contributed by atoms with Crippen molar-refractivity contribution in [2.45, 2.75) is 30.7 Å². The summed E-state index contributed by atoms with van der Waals surface area (Å²) >= 11 is 0. The average Bonchev–Trinajstić information content (AvgIpc) is 2.99. The molecule has 0 radical (unpaired) electrons. The van der Waals surface area contributed by atoms with E-state index in [1.807, 2.05) is 6.07 Å². The lowest BCUT2D eigenvalue weighted by molar-refractivity contribution is -0.278. The number of nitrogens with zero attached hydrogens (tertiary/aromatic N) is 1. The highest BCUT2D eigenvalue weighted by Gasteiger charge is 2.64. The number of fused-ring (bicyclic) bond motifs is 1. The van der Waals surface area contributed by atoms with Gasteiger partial charge in [0.2, 0.25) is 0 Å². The molecule has 0 spiro atoms. The molecule has 0 N–H and O–H groups in total. The summed E-state index contributed by atoms with van der Waals surface area (Å²) in [7, 11) is 0.850. The van der Waals surface area contributed by atoms with E-state index in [0.717, 1.165) is 12.7 Å². The number of hydrogen-bond donors (Lipinski definition) is 0. The van der Waals surface area contributed by atoms with E-state index in [1.165, 1.54) is 30.5 Å². The van der Waals surface area contributed by atoms with Crippen LogP contribution in [-0.4, -0.2) is 24.2 Å². The number of halogens is 3. The van der Waals surface area contributed by atoms with Gasteiger partial charge in [-0.2, -0.15) is 13.2 Å². The summed E-state index contributed by atoms with van der Waals surface area (Å²) in [5, 5.41) is 0. The fraction of sp³-hybridized carbons (Fsp3) is 0.333. The van der Waals surface area contributed by atoms with Crippen molar-refractivity contribution >= 4 is 5.97 Å². The van der Waals surface area contributed by atoms with E-state index in [-0.39, 0.29) is 5.56 Å². The molecule has 0 aliphatic heterocycles. The summed E-state index contributed by atoms with van der Waals surface area (Å²) < 4.78 is 51.5. The first-order chi connectivity index (χ1) is 11.9. The molecule has 2 aromatic rings. The van der Waals surface area contributed by atoms with Crippen molar-refractivity contribution in [2.75, 3.05) is 7.11 Å². The number of carbonyl (C=O) groups excluding carboxylic acids is 1. The maximum atomic E-state index is 13.8.